The summed E-state index contributed by atoms with van der Waals surface area (Å²) in [6.45, 7) is 1.08. The van der Waals surface area contributed by atoms with E-state index in [0.717, 1.165) is 24.8 Å². The molecule has 4 nitrogen and oxygen atoms in total. The van der Waals surface area contributed by atoms with E-state index in [1.807, 2.05) is 30.3 Å². The first kappa shape index (κ1) is 16.3. The van der Waals surface area contributed by atoms with Crippen molar-refractivity contribution in [1.29, 1.82) is 0 Å². The third-order valence-electron chi connectivity index (χ3n) is 3.81. The number of benzene rings is 1. The standard InChI is InChI=1S/C18H24N2O2/c21-17(19-12-11-15-7-3-1-4-8-15)13-18(22)20-14-16-9-5-2-6-10-16/h2,5-7,9-10H,1,3-4,8,11-14H2,(H,19,21)(H,20,22). The molecule has 0 radical (unpaired) electrons. The number of carbonyl (C=O) groups excluding carboxylic acids is 2. The van der Waals surface area contributed by atoms with E-state index in [1.165, 1.54) is 18.4 Å². The Morgan fingerprint density at radius 3 is 2.50 bits per heavy atom. The molecule has 2 rings (SSSR count). The fourth-order valence-corrected chi connectivity index (χ4v) is 2.56. The molecule has 0 saturated heterocycles. The molecule has 0 atom stereocenters. The summed E-state index contributed by atoms with van der Waals surface area (Å²) in [5.41, 5.74) is 2.46. The number of carbonyl (C=O) groups is 2. The largest absolute Gasteiger partial charge is 0.355 e. The van der Waals surface area contributed by atoms with E-state index in [-0.39, 0.29) is 18.2 Å². The predicted octanol–water partition coefficient (Wildman–Crippen LogP) is 2.70. The smallest absolute Gasteiger partial charge is 0.229 e. The van der Waals surface area contributed by atoms with Crippen molar-refractivity contribution in [3.8, 4) is 0 Å². The number of hydrogen-bond donors (Lipinski definition) is 2. The van der Waals surface area contributed by atoms with Crippen LogP contribution in [0.2, 0.25) is 0 Å². The Labute approximate surface area is 132 Å². The van der Waals surface area contributed by atoms with Gasteiger partial charge in [-0.15, -0.1) is 0 Å². The van der Waals surface area contributed by atoms with Crippen molar-refractivity contribution in [3.63, 3.8) is 0 Å². The Bertz CT molecular complexity index is 523. The predicted molar refractivity (Wildman–Crippen MR) is 87.1 cm³/mol. The second-order valence-electron chi connectivity index (χ2n) is 5.65. The van der Waals surface area contributed by atoms with Crippen molar-refractivity contribution < 1.29 is 9.59 Å². The normalized spacial score (nSPS) is 14.1. The van der Waals surface area contributed by atoms with Gasteiger partial charge in [0.15, 0.2) is 0 Å². The lowest BCUT2D eigenvalue weighted by Gasteiger charge is -2.13. The highest BCUT2D eigenvalue weighted by Crippen LogP contribution is 2.19. The summed E-state index contributed by atoms with van der Waals surface area (Å²) in [6.07, 6.45) is 7.91. The first-order chi connectivity index (χ1) is 10.7. The van der Waals surface area contributed by atoms with Gasteiger partial charge in [-0.1, -0.05) is 42.0 Å². The maximum absolute atomic E-state index is 11.7. The molecule has 0 unspecified atom stereocenters. The molecule has 1 aliphatic carbocycles. The third kappa shape index (κ3) is 6.12. The molecule has 0 saturated carbocycles. The average Bonchev–Trinajstić information content (AvgIpc) is 2.55. The maximum Gasteiger partial charge on any atom is 0.229 e. The van der Waals surface area contributed by atoms with Crippen molar-refractivity contribution in [1.82, 2.24) is 10.6 Å². The molecular weight excluding hydrogens is 276 g/mol. The van der Waals surface area contributed by atoms with Crippen LogP contribution < -0.4 is 10.6 Å². The molecule has 0 aromatic heterocycles. The number of nitrogens with one attached hydrogen (secondary N) is 2. The van der Waals surface area contributed by atoms with E-state index in [9.17, 15) is 9.59 Å². The lowest BCUT2D eigenvalue weighted by molar-refractivity contribution is -0.129. The van der Waals surface area contributed by atoms with Crippen LogP contribution >= 0.6 is 0 Å². The second kappa shape index (κ2) is 9.03. The van der Waals surface area contributed by atoms with Crippen LogP contribution in [-0.2, 0) is 16.1 Å². The van der Waals surface area contributed by atoms with Crippen molar-refractivity contribution in [2.75, 3.05) is 6.54 Å². The van der Waals surface area contributed by atoms with Crippen molar-refractivity contribution in [2.24, 2.45) is 0 Å². The molecule has 2 amide bonds. The second-order valence-corrected chi connectivity index (χ2v) is 5.65. The molecule has 0 spiro atoms. The van der Waals surface area contributed by atoms with Crippen LogP contribution in [0.1, 0.15) is 44.1 Å². The number of hydrogen-bond acceptors (Lipinski definition) is 2. The van der Waals surface area contributed by atoms with E-state index in [1.54, 1.807) is 0 Å². The molecule has 118 valence electrons. The van der Waals surface area contributed by atoms with Crippen molar-refractivity contribution in [2.45, 2.75) is 45.1 Å². The molecule has 0 bridgehead atoms. The highest BCUT2D eigenvalue weighted by molar-refractivity contribution is 5.96. The van der Waals surface area contributed by atoms with Gasteiger partial charge in [-0.3, -0.25) is 9.59 Å². The lowest BCUT2D eigenvalue weighted by atomic mass is 9.97. The SMILES string of the molecule is O=C(CC(=O)NCc1ccccc1)NCCC1=CCCCC1. The Balaban J connectivity index is 1.59. The minimum absolute atomic E-state index is 0.105. The molecule has 1 aromatic rings. The van der Waals surface area contributed by atoms with Crippen LogP contribution in [0.25, 0.3) is 0 Å². The van der Waals surface area contributed by atoms with E-state index < -0.39 is 0 Å². The molecule has 2 N–H and O–H groups in total. The topological polar surface area (TPSA) is 58.2 Å². The molecule has 0 heterocycles. The summed E-state index contributed by atoms with van der Waals surface area (Å²) in [7, 11) is 0. The van der Waals surface area contributed by atoms with Gasteiger partial charge >= 0.3 is 0 Å². The van der Waals surface area contributed by atoms with Crippen LogP contribution in [-0.4, -0.2) is 18.4 Å². The van der Waals surface area contributed by atoms with Crippen LogP contribution in [0.4, 0.5) is 0 Å². The Morgan fingerprint density at radius 1 is 1.00 bits per heavy atom. The van der Waals surface area contributed by atoms with E-state index in [4.69, 9.17) is 0 Å². The van der Waals surface area contributed by atoms with Crippen LogP contribution in [0.15, 0.2) is 42.0 Å². The average molecular weight is 300 g/mol. The van der Waals surface area contributed by atoms with Gasteiger partial charge < -0.3 is 10.6 Å². The summed E-state index contributed by atoms with van der Waals surface area (Å²) in [5.74, 6) is -0.444. The summed E-state index contributed by atoms with van der Waals surface area (Å²) in [6, 6.07) is 9.67. The van der Waals surface area contributed by atoms with Gasteiger partial charge in [0.25, 0.3) is 0 Å². The number of allylic oxidation sites excluding steroid dienone is 1. The minimum Gasteiger partial charge on any atom is -0.355 e. The molecule has 1 aromatic carbocycles. The highest BCUT2D eigenvalue weighted by Gasteiger charge is 2.09. The van der Waals surface area contributed by atoms with E-state index in [2.05, 4.69) is 16.7 Å². The van der Waals surface area contributed by atoms with Gasteiger partial charge in [-0.25, -0.2) is 0 Å². The third-order valence-corrected chi connectivity index (χ3v) is 3.81. The quantitative estimate of drug-likeness (QED) is 0.601. The van der Waals surface area contributed by atoms with Crippen molar-refractivity contribution in [3.05, 3.63) is 47.5 Å². The molecule has 1 aliphatic rings. The fraction of sp³-hybridized carbons (Fsp3) is 0.444. The fourth-order valence-electron chi connectivity index (χ4n) is 2.56. The van der Waals surface area contributed by atoms with Gasteiger partial charge in [0, 0.05) is 13.1 Å². The van der Waals surface area contributed by atoms with E-state index in [0.29, 0.717) is 13.1 Å². The zero-order valence-electron chi connectivity index (χ0n) is 12.9. The van der Waals surface area contributed by atoms with Gasteiger partial charge in [0.1, 0.15) is 6.42 Å². The number of rotatable bonds is 7. The van der Waals surface area contributed by atoms with Crippen molar-refractivity contribution >= 4 is 11.8 Å². The molecule has 4 heteroatoms. The highest BCUT2D eigenvalue weighted by atomic mass is 16.2. The van der Waals surface area contributed by atoms with Crippen LogP contribution in [0.5, 0.6) is 0 Å². The Hall–Kier alpha value is -2.10. The minimum atomic E-state index is -0.238. The summed E-state index contributed by atoms with van der Waals surface area (Å²) < 4.78 is 0. The molecule has 22 heavy (non-hydrogen) atoms. The van der Waals surface area contributed by atoms with Gasteiger partial charge in [-0.2, -0.15) is 0 Å². The molecule has 0 fully saturated rings. The van der Waals surface area contributed by atoms with Gasteiger partial charge in [0.05, 0.1) is 0 Å². The molecule has 0 aliphatic heterocycles. The Kier molecular flexibility index (Phi) is 6.68. The first-order valence-electron chi connectivity index (χ1n) is 7.99. The summed E-state index contributed by atoms with van der Waals surface area (Å²) in [4.78, 5) is 23.4. The molecular formula is C18H24N2O2. The van der Waals surface area contributed by atoms with Crippen LogP contribution in [0, 0.1) is 0 Å². The zero-order chi connectivity index (χ0) is 15.6. The maximum atomic E-state index is 11.7. The lowest BCUT2D eigenvalue weighted by Crippen LogP contribution is -2.32. The van der Waals surface area contributed by atoms with Gasteiger partial charge in [-0.05, 0) is 37.7 Å². The zero-order valence-corrected chi connectivity index (χ0v) is 12.9. The van der Waals surface area contributed by atoms with Gasteiger partial charge in [0.2, 0.25) is 11.8 Å². The monoisotopic (exact) mass is 300 g/mol. The first-order valence-corrected chi connectivity index (χ1v) is 7.99. The van der Waals surface area contributed by atoms with E-state index >= 15 is 0 Å². The summed E-state index contributed by atoms with van der Waals surface area (Å²) >= 11 is 0. The Morgan fingerprint density at radius 2 is 1.77 bits per heavy atom. The van der Waals surface area contributed by atoms with Crippen LogP contribution in [0.3, 0.4) is 0 Å². The summed E-state index contributed by atoms with van der Waals surface area (Å²) in [5, 5.41) is 5.58. The number of amides is 2.